The van der Waals surface area contributed by atoms with Crippen LogP contribution in [0, 0.1) is 5.92 Å². The molecule has 0 spiro atoms. The molecule has 120 valence electrons. The molecule has 0 aliphatic rings. The fourth-order valence-corrected chi connectivity index (χ4v) is 2.12. The monoisotopic (exact) mass is 294 g/mol. The van der Waals surface area contributed by atoms with Gasteiger partial charge in [0.05, 0.1) is 14.2 Å². The van der Waals surface area contributed by atoms with Crippen LogP contribution in [0.2, 0.25) is 0 Å². The van der Waals surface area contributed by atoms with Crippen molar-refractivity contribution < 1.29 is 9.47 Å². The molecule has 1 aromatic rings. The average molecular weight is 294 g/mol. The zero-order valence-corrected chi connectivity index (χ0v) is 13.9. The highest BCUT2D eigenvalue weighted by Gasteiger charge is 2.01. The Balaban J connectivity index is 2.17. The van der Waals surface area contributed by atoms with E-state index in [2.05, 4.69) is 36.6 Å². The fraction of sp³-hybridized carbons (Fsp3) is 0.647. The molecule has 2 N–H and O–H groups in total. The van der Waals surface area contributed by atoms with Crippen LogP contribution in [0.25, 0.3) is 0 Å². The minimum absolute atomic E-state index is 0.716. The van der Waals surface area contributed by atoms with Crippen molar-refractivity contribution in [3.63, 3.8) is 0 Å². The van der Waals surface area contributed by atoms with Crippen LogP contribution < -0.4 is 20.1 Å². The molecule has 0 bridgehead atoms. The van der Waals surface area contributed by atoms with Gasteiger partial charge in [0, 0.05) is 19.2 Å². The number of ether oxygens (including phenoxy) is 2. The third kappa shape index (κ3) is 7.93. The van der Waals surface area contributed by atoms with Crippen LogP contribution in [0.4, 0.5) is 0 Å². The van der Waals surface area contributed by atoms with Gasteiger partial charge in [-0.05, 0) is 49.5 Å². The molecule has 0 unspecified atom stereocenters. The maximum absolute atomic E-state index is 5.28. The Labute approximate surface area is 129 Å². The van der Waals surface area contributed by atoms with Crippen molar-refractivity contribution in [1.82, 2.24) is 10.6 Å². The second-order valence-electron chi connectivity index (χ2n) is 5.67. The summed E-state index contributed by atoms with van der Waals surface area (Å²) in [6.07, 6.45) is 2.14. The van der Waals surface area contributed by atoms with Gasteiger partial charge in [0.25, 0.3) is 0 Å². The molecular weight excluding hydrogens is 264 g/mol. The van der Waals surface area contributed by atoms with Gasteiger partial charge in [-0.25, -0.2) is 0 Å². The lowest BCUT2D eigenvalue weighted by Crippen LogP contribution is -2.30. The first-order valence-electron chi connectivity index (χ1n) is 7.79. The summed E-state index contributed by atoms with van der Waals surface area (Å²) in [5, 5.41) is 6.89. The Hall–Kier alpha value is -1.26. The summed E-state index contributed by atoms with van der Waals surface area (Å²) < 4.78 is 10.6. The van der Waals surface area contributed by atoms with E-state index in [1.165, 1.54) is 5.56 Å². The van der Waals surface area contributed by atoms with E-state index in [1.54, 1.807) is 14.2 Å². The van der Waals surface area contributed by atoms with Crippen molar-refractivity contribution in [2.75, 3.05) is 40.4 Å². The molecule has 1 aromatic carbocycles. The zero-order valence-electron chi connectivity index (χ0n) is 13.9. The molecule has 0 fully saturated rings. The van der Waals surface area contributed by atoms with Crippen molar-refractivity contribution in [2.45, 2.75) is 26.7 Å². The molecular formula is C17H30N2O2. The number of nitrogens with one attached hydrogen (secondary N) is 2. The number of rotatable bonds is 11. The second kappa shape index (κ2) is 10.5. The van der Waals surface area contributed by atoms with Gasteiger partial charge in [-0.3, -0.25) is 0 Å². The van der Waals surface area contributed by atoms with Gasteiger partial charge in [0.15, 0.2) is 0 Å². The maximum atomic E-state index is 5.28. The van der Waals surface area contributed by atoms with E-state index in [1.807, 2.05) is 6.07 Å². The van der Waals surface area contributed by atoms with Crippen molar-refractivity contribution in [1.29, 1.82) is 0 Å². The van der Waals surface area contributed by atoms with Gasteiger partial charge < -0.3 is 20.1 Å². The summed E-state index contributed by atoms with van der Waals surface area (Å²) >= 11 is 0. The quantitative estimate of drug-likeness (QED) is 0.615. The van der Waals surface area contributed by atoms with E-state index in [0.29, 0.717) is 5.92 Å². The predicted octanol–water partition coefficient (Wildman–Crippen LogP) is 2.47. The highest BCUT2D eigenvalue weighted by molar-refractivity contribution is 5.38. The first kappa shape index (κ1) is 17.8. The minimum Gasteiger partial charge on any atom is -0.497 e. The van der Waals surface area contributed by atoms with Gasteiger partial charge >= 0.3 is 0 Å². The summed E-state index contributed by atoms with van der Waals surface area (Å²) in [6, 6.07) is 6.06. The number of hydrogen-bond acceptors (Lipinski definition) is 4. The van der Waals surface area contributed by atoms with Crippen LogP contribution in [0.3, 0.4) is 0 Å². The van der Waals surface area contributed by atoms with E-state index < -0.39 is 0 Å². The van der Waals surface area contributed by atoms with Gasteiger partial charge in [0.2, 0.25) is 0 Å². The van der Waals surface area contributed by atoms with Crippen molar-refractivity contribution in [2.24, 2.45) is 5.92 Å². The summed E-state index contributed by atoms with van der Waals surface area (Å²) in [5.41, 5.74) is 1.26. The second-order valence-corrected chi connectivity index (χ2v) is 5.67. The number of aryl methyl sites for hydroxylation is 1. The lowest BCUT2D eigenvalue weighted by atomic mass is 10.1. The molecule has 21 heavy (non-hydrogen) atoms. The molecule has 0 aromatic heterocycles. The first-order valence-corrected chi connectivity index (χ1v) is 7.79. The summed E-state index contributed by atoms with van der Waals surface area (Å²) in [7, 11) is 3.37. The molecule has 0 atom stereocenters. The predicted molar refractivity (Wildman–Crippen MR) is 88.4 cm³/mol. The zero-order chi connectivity index (χ0) is 15.5. The SMILES string of the molecule is COc1cc(CCCNCCNCC(C)C)cc(OC)c1. The van der Waals surface area contributed by atoms with Gasteiger partial charge in [0.1, 0.15) is 11.5 Å². The van der Waals surface area contributed by atoms with Crippen LogP contribution >= 0.6 is 0 Å². The third-order valence-corrected chi connectivity index (χ3v) is 3.26. The Morgan fingerprint density at radius 2 is 1.52 bits per heavy atom. The summed E-state index contributed by atoms with van der Waals surface area (Å²) in [4.78, 5) is 0. The number of hydrogen-bond donors (Lipinski definition) is 2. The molecule has 1 rings (SSSR count). The van der Waals surface area contributed by atoms with Crippen molar-refractivity contribution in [3.05, 3.63) is 23.8 Å². The molecule has 0 saturated heterocycles. The molecule has 4 heteroatoms. The van der Waals surface area contributed by atoms with Crippen LogP contribution in [-0.2, 0) is 6.42 Å². The highest BCUT2D eigenvalue weighted by atomic mass is 16.5. The molecule has 0 aliphatic carbocycles. The van der Waals surface area contributed by atoms with E-state index in [-0.39, 0.29) is 0 Å². The Morgan fingerprint density at radius 3 is 2.10 bits per heavy atom. The van der Waals surface area contributed by atoms with Crippen LogP contribution in [0.15, 0.2) is 18.2 Å². The lowest BCUT2D eigenvalue weighted by molar-refractivity contribution is 0.393. The molecule has 0 saturated carbocycles. The average Bonchev–Trinajstić information content (AvgIpc) is 2.49. The van der Waals surface area contributed by atoms with Crippen molar-refractivity contribution in [3.8, 4) is 11.5 Å². The minimum atomic E-state index is 0.716. The number of benzene rings is 1. The Kier molecular flexibility index (Phi) is 8.87. The molecule has 0 amide bonds. The summed E-state index contributed by atoms with van der Waals surface area (Å²) in [5.74, 6) is 2.43. The maximum Gasteiger partial charge on any atom is 0.122 e. The Bertz CT molecular complexity index is 372. The van der Waals surface area contributed by atoms with Crippen molar-refractivity contribution >= 4 is 0 Å². The smallest absolute Gasteiger partial charge is 0.122 e. The fourth-order valence-electron chi connectivity index (χ4n) is 2.12. The molecule has 0 radical (unpaired) electrons. The van der Waals surface area contributed by atoms with E-state index in [9.17, 15) is 0 Å². The topological polar surface area (TPSA) is 42.5 Å². The van der Waals surface area contributed by atoms with Crippen LogP contribution in [0.5, 0.6) is 11.5 Å². The molecule has 4 nitrogen and oxygen atoms in total. The number of methoxy groups -OCH3 is 2. The van der Waals surface area contributed by atoms with E-state index >= 15 is 0 Å². The third-order valence-electron chi connectivity index (χ3n) is 3.26. The normalized spacial score (nSPS) is 10.9. The largest absolute Gasteiger partial charge is 0.497 e. The van der Waals surface area contributed by atoms with Gasteiger partial charge in [-0.2, -0.15) is 0 Å². The highest BCUT2D eigenvalue weighted by Crippen LogP contribution is 2.23. The van der Waals surface area contributed by atoms with Crippen LogP contribution in [0.1, 0.15) is 25.8 Å². The van der Waals surface area contributed by atoms with E-state index in [4.69, 9.17) is 9.47 Å². The molecule has 0 aliphatic heterocycles. The van der Waals surface area contributed by atoms with Gasteiger partial charge in [-0.15, -0.1) is 0 Å². The standard InChI is InChI=1S/C17H30N2O2/c1-14(2)13-19-9-8-18-7-5-6-15-10-16(20-3)12-17(11-15)21-4/h10-12,14,18-19H,5-9,13H2,1-4H3. The van der Waals surface area contributed by atoms with E-state index in [0.717, 1.165) is 50.5 Å². The lowest BCUT2D eigenvalue weighted by Gasteiger charge is -2.10. The van der Waals surface area contributed by atoms with Gasteiger partial charge in [-0.1, -0.05) is 13.8 Å². The Morgan fingerprint density at radius 1 is 0.905 bits per heavy atom. The van der Waals surface area contributed by atoms with Crippen LogP contribution in [-0.4, -0.2) is 40.4 Å². The first-order chi connectivity index (χ1) is 10.2. The summed E-state index contributed by atoms with van der Waals surface area (Å²) in [6.45, 7) is 8.62. The molecule has 0 heterocycles.